The minimum atomic E-state index is 1.30. The van der Waals surface area contributed by atoms with E-state index in [1.165, 1.54) is 75.4 Å². The van der Waals surface area contributed by atoms with Crippen molar-refractivity contribution in [1.29, 1.82) is 0 Å². The van der Waals surface area contributed by atoms with Crippen molar-refractivity contribution in [3.8, 4) is 0 Å². The molecule has 0 nitrogen and oxygen atoms in total. The molecule has 30 heavy (non-hydrogen) atoms. The van der Waals surface area contributed by atoms with E-state index in [-0.39, 0.29) is 0 Å². The minimum Gasteiger partial charge on any atom is -0.0616 e. The lowest BCUT2D eigenvalue weighted by molar-refractivity contribution is 1.79. The lowest BCUT2D eigenvalue weighted by Crippen LogP contribution is -1.92. The van der Waals surface area contributed by atoms with E-state index in [2.05, 4.69) is 97.1 Å². The van der Waals surface area contributed by atoms with Crippen LogP contribution in [0.25, 0.3) is 75.4 Å². The molecule has 0 saturated heterocycles. The first-order valence-electron chi connectivity index (χ1n) is 10.5. The Bertz CT molecular complexity index is 1940. The SMILES string of the molecule is c1ccc2c(c1)ccc1c3cccc4c5cccc6ccc7ccc(c21)c(c34)c7c65. The molecule has 0 atom stereocenters. The van der Waals surface area contributed by atoms with E-state index in [0.29, 0.717) is 0 Å². The quantitative estimate of drug-likeness (QED) is 0.183. The molecule has 8 aromatic rings. The maximum Gasteiger partial charge on any atom is -0.000741 e. The van der Waals surface area contributed by atoms with Crippen molar-refractivity contribution in [1.82, 2.24) is 0 Å². The molecule has 0 saturated carbocycles. The molecule has 8 aromatic carbocycles. The first-order valence-corrected chi connectivity index (χ1v) is 10.5. The van der Waals surface area contributed by atoms with Crippen LogP contribution in [-0.4, -0.2) is 0 Å². The molecule has 0 aliphatic heterocycles. The van der Waals surface area contributed by atoms with E-state index in [4.69, 9.17) is 0 Å². The average Bonchev–Trinajstić information content (AvgIpc) is 2.82. The van der Waals surface area contributed by atoms with Crippen molar-refractivity contribution in [2.24, 2.45) is 0 Å². The predicted molar refractivity (Wildman–Crippen MR) is 131 cm³/mol. The largest absolute Gasteiger partial charge is 0.0616 e. The van der Waals surface area contributed by atoms with Crippen LogP contribution in [0.4, 0.5) is 0 Å². The van der Waals surface area contributed by atoms with Gasteiger partial charge in [0.25, 0.3) is 0 Å². The highest BCUT2D eigenvalue weighted by Gasteiger charge is 2.19. The fourth-order valence-corrected chi connectivity index (χ4v) is 5.94. The summed E-state index contributed by atoms with van der Waals surface area (Å²) in [5.41, 5.74) is 0. The second kappa shape index (κ2) is 4.98. The van der Waals surface area contributed by atoms with Gasteiger partial charge in [-0.15, -0.1) is 0 Å². The topological polar surface area (TPSA) is 0 Å². The van der Waals surface area contributed by atoms with E-state index in [9.17, 15) is 0 Å². The molecule has 0 bridgehead atoms. The molecule has 0 aliphatic rings. The molecule has 0 radical (unpaired) electrons. The summed E-state index contributed by atoms with van der Waals surface area (Å²) in [6.45, 7) is 0. The van der Waals surface area contributed by atoms with Gasteiger partial charge < -0.3 is 0 Å². The highest BCUT2D eigenvalue weighted by atomic mass is 14.2. The third kappa shape index (κ3) is 1.58. The normalized spacial score (nSPS) is 12.7. The summed E-state index contributed by atoms with van der Waals surface area (Å²) in [5, 5.41) is 19.1. The summed E-state index contributed by atoms with van der Waals surface area (Å²) < 4.78 is 0. The van der Waals surface area contributed by atoms with Crippen molar-refractivity contribution >= 4 is 75.4 Å². The molecule has 8 rings (SSSR count). The van der Waals surface area contributed by atoms with Crippen LogP contribution in [0.2, 0.25) is 0 Å². The molecule has 0 amide bonds. The zero-order chi connectivity index (χ0) is 19.4. The van der Waals surface area contributed by atoms with Gasteiger partial charge in [0.05, 0.1) is 0 Å². The molecule has 0 spiro atoms. The van der Waals surface area contributed by atoms with Crippen molar-refractivity contribution < 1.29 is 0 Å². The van der Waals surface area contributed by atoms with E-state index >= 15 is 0 Å². The Morgan fingerprint density at radius 1 is 0.233 bits per heavy atom. The van der Waals surface area contributed by atoms with Gasteiger partial charge in [0.1, 0.15) is 0 Å². The Kier molecular flexibility index (Phi) is 2.49. The first kappa shape index (κ1) is 15.0. The molecule has 0 heteroatoms. The van der Waals surface area contributed by atoms with Crippen LogP contribution in [0.5, 0.6) is 0 Å². The Morgan fingerprint density at radius 2 is 0.767 bits per heavy atom. The maximum absolute atomic E-state index is 2.35. The number of hydrogen-bond donors (Lipinski definition) is 0. The highest BCUT2D eigenvalue weighted by Crippen LogP contribution is 2.48. The van der Waals surface area contributed by atoms with Gasteiger partial charge in [-0.1, -0.05) is 97.1 Å². The molecule has 136 valence electrons. The van der Waals surface area contributed by atoms with Crippen LogP contribution in [0.15, 0.2) is 97.1 Å². The zero-order valence-corrected chi connectivity index (χ0v) is 16.2. The summed E-state index contributed by atoms with van der Waals surface area (Å²) in [6, 6.07) is 36.2. The average molecular weight is 376 g/mol. The van der Waals surface area contributed by atoms with E-state index < -0.39 is 0 Å². The molecular weight excluding hydrogens is 360 g/mol. The zero-order valence-electron chi connectivity index (χ0n) is 16.2. The molecule has 0 N–H and O–H groups in total. The summed E-state index contributed by atoms with van der Waals surface area (Å²) >= 11 is 0. The van der Waals surface area contributed by atoms with Crippen LogP contribution in [0.3, 0.4) is 0 Å². The van der Waals surface area contributed by atoms with Crippen molar-refractivity contribution in [3.63, 3.8) is 0 Å². The second-order valence-corrected chi connectivity index (χ2v) is 8.49. The third-order valence-corrected chi connectivity index (χ3v) is 7.12. The summed E-state index contributed by atoms with van der Waals surface area (Å²) in [4.78, 5) is 0. The minimum absolute atomic E-state index is 1.30. The lowest BCUT2D eigenvalue weighted by atomic mass is 9.82. The molecular formula is C30H16. The van der Waals surface area contributed by atoms with Crippen molar-refractivity contribution in [2.75, 3.05) is 0 Å². The Balaban J connectivity index is 1.88. The number of rotatable bonds is 0. The molecule has 0 aromatic heterocycles. The third-order valence-electron chi connectivity index (χ3n) is 7.12. The van der Waals surface area contributed by atoms with Crippen LogP contribution >= 0.6 is 0 Å². The number of hydrogen-bond acceptors (Lipinski definition) is 0. The standard InChI is InChI=1S/C30H16/c1-2-7-20-17(5-1)13-15-24-23-10-4-9-22-21-8-3-6-18-11-12-19-14-16-25(28(20)24)30(29(22)23)27(19)26(18)21/h1-16H. The van der Waals surface area contributed by atoms with Gasteiger partial charge in [0, 0.05) is 0 Å². The van der Waals surface area contributed by atoms with E-state index in [1.54, 1.807) is 0 Å². The van der Waals surface area contributed by atoms with Gasteiger partial charge in [0.2, 0.25) is 0 Å². The molecule has 0 unspecified atom stereocenters. The van der Waals surface area contributed by atoms with Gasteiger partial charge in [-0.25, -0.2) is 0 Å². The Hall–Kier alpha value is -3.90. The number of fused-ring (bicyclic) bond motifs is 6. The van der Waals surface area contributed by atoms with Crippen LogP contribution in [0, 0.1) is 0 Å². The van der Waals surface area contributed by atoms with Gasteiger partial charge in [-0.05, 0) is 75.4 Å². The second-order valence-electron chi connectivity index (χ2n) is 8.49. The summed E-state index contributed by atoms with van der Waals surface area (Å²) in [5.74, 6) is 0. The van der Waals surface area contributed by atoms with Gasteiger partial charge >= 0.3 is 0 Å². The fraction of sp³-hybridized carbons (Fsp3) is 0. The summed E-state index contributed by atoms with van der Waals surface area (Å²) in [7, 11) is 0. The van der Waals surface area contributed by atoms with Crippen LogP contribution in [0.1, 0.15) is 0 Å². The van der Waals surface area contributed by atoms with Crippen molar-refractivity contribution in [2.45, 2.75) is 0 Å². The molecule has 0 aliphatic carbocycles. The Morgan fingerprint density at radius 3 is 1.63 bits per heavy atom. The maximum atomic E-state index is 2.35. The first-order chi connectivity index (χ1) is 14.9. The molecule has 0 heterocycles. The van der Waals surface area contributed by atoms with Crippen molar-refractivity contribution in [3.05, 3.63) is 97.1 Å². The lowest BCUT2D eigenvalue weighted by Gasteiger charge is -2.20. The van der Waals surface area contributed by atoms with Gasteiger partial charge in [0.15, 0.2) is 0 Å². The summed E-state index contributed by atoms with van der Waals surface area (Å²) in [6.07, 6.45) is 0. The van der Waals surface area contributed by atoms with E-state index in [0.717, 1.165) is 0 Å². The van der Waals surface area contributed by atoms with Gasteiger partial charge in [-0.2, -0.15) is 0 Å². The smallest absolute Gasteiger partial charge is 0.000741 e. The highest BCUT2D eigenvalue weighted by molar-refractivity contribution is 6.45. The van der Waals surface area contributed by atoms with Crippen LogP contribution < -0.4 is 0 Å². The number of benzene rings is 8. The monoisotopic (exact) mass is 376 g/mol. The van der Waals surface area contributed by atoms with E-state index in [1.807, 2.05) is 0 Å². The predicted octanol–water partition coefficient (Wildman–Crippen LogP) is 8.63. The fourth-order valence-electron chi connectivity index (χ4n) is 5.94. The van der Waals surface area contributed by atoms with Gasteiger partial charge in [-0.3, -0.25) is 0 Å². The van der Waals surface area contributed by atoms with Crippen LogP contribution in [-0.2, 0) is 0 Å². The molecule has 0 fully saturated rings. The Labute approximate surface area is 172 Å².